The highest BCUT2D eigenvalue weighted by Gasteiger charge is 2.23. The van der Waals surface area contributed by atoms with Crippen molar-refractivity contribution < 1.29 is 14.6 Å². The van der Waals surface area contributed by atoms with Crippen molar-refractivity contribution in [3.8, 4) is 5.75 Å². The van der Waals surface area contributed by atoms with Gasteiger partial charge < -0.3 is 20.1 Å². The molecule has 2 N–H and O–H groups in total. The van der Waals surface area contributed by atoms with E-state index in [1.165, 1.54) is 16.7 Å². The van der Waals surface area contributed by atoms with Crippen molar-refractivity contribution in [2.75, 3.05) is 25.5 Å². The lowest BCUT2D eigenvalue weighted by molar-refractivity contribution is 0.0745. The SMILES string of the molecule is C=CCNc1c(OC)cccc1C(=O)N(C/C=C(\C)CC/C=C(\C)CCC=C(C)C)C(C)/C=C/O. The standard InChI is InChI=1S/C30H44N2O3/c1-8-20-31-29-27(16-11-17-28(29)35-7)30(34)32(26(6)19-22-33)21-18-25(5)15-10-14-24(4)13-9-12-23(2)3/h8,11-12,14,16-19,22,26,31,33H,1,9-10,13,15,20-21H2,2-7H3/b22-19+,24-14+,25-18+. The summed E-state index contributed by atoms with van der Waals surface area (Å²) in [4.78, 5) is 15.4. The summed E-state index contributed by atoms with van der Waals surface area (Å²) in [5, 5.41) is 12.6. The van der Waals surface area contributed by atoms with Crippen LogP contribution in [0.15, 0.2) is 78.1 Å². The predicted molar refractivity (Wildman–Crippen MR) is 149 cm³/mol. The van der Waals surface area contributed by atoms with E-state index < -0.39 is 0 Å². The number of hydrogen-bond donors (Lipinski definition) is 2. The van der Waals surface area contributed by atoms with Crippen LogP contribution in [0, 0.1) is 0 Å². The molecular formula is C30H44N2O3. The smallest absolute Gasteiger partial charge is 0.256 e. The highest BCUT2D eigenvalue weighted by Crippen LogP contribution is 2.30. The van der Waals surface area contributed by atoms with Crippen molar-refractivity contribution in [1.82, 2.24) is 4.90 Å². The molecule has 0 fully saturated rings. The van der Waals surface area contributed by atoms with Gasteiger partial charge in [-0.3, -0.25) is 4.79 Å². The number of aliphatic hydroxyl groups is 1. The molecule has 0 heterocycles. The van der Waals surface area contributed by atoms with E-state index in [0.717, 1.165) is 31.9 Å². The molecule has 1 unspecified atom stereocenters. The maximum absolute atomic E-state index is 13.6. The Kier molecular flexibility index (Phi) is 14.0. The van der Waals surface area contributed by atoms with Gasteiger partial charge in [0.05, 0.1) is 30.7 Å². The fourth-order valence-electron chi connectivity index (χ4n) is 3.65. The molecule has 0 saturated heterocycles. The van der Waals surface area contributed by atoms with Crippen molar-refractivity contribution >= 4 is 11.6 Å². The van der Waals surface area contributed by atoms with Gasteiger partial charge in [-0.2, -0.15) is 0 Å². The van der Waals surface area contributed by atoms with Gasteiger partial charge in [0.25, 0.3) is 5.91 Å². The first kappa shape index (κ1) is 29.8. The summed E-state index contributed by atoms with van der Waals surface area (Å²) in [6.45, 7) is 15.1. The summed E-state index contributed by atoms with van der Waals surface area (Å²) in [7, 11) is 1.58. The minimum Gasteiger partial charge on any atom is -0.516 e. The molecule has 0 aliphatic carbocycles. The lowest BCUT2D eigenvalue weighted by atomic mass is 10.1. The number of para-hydroxylation sites is 1. The van der Waals surface area contributed by atoms with Crippen LogP contribution in [0.1, 0.15) is 70.7 Å². The maximum atomic E-state index is 13.6. The van der Waals surface area contributed by atoms with Crippen LogP contribution >= 0.6 is 0 Å². The third-order valence-electron chi connectivity index (χ3n) is 5.78. The molecule has 192 valence electrons. The van der Waals surface area contributed by atoms with Gasteiger partial charge in [-0.15, -0.1) is 6.58 Å². The number of carbonyl (C=O) groups excluding carboxylic acids is 1. The summed E-state index contributed by atoms with van der Waals surface area (Å²) in [5.74, 6) is 0.460. The molecule has 0 aliphatic heterocycles. The summed E-state index contributed by atoms with van der Waals surface area (Å²) in [6, 6.07) is 5.14. The third-order valence-corrected chi connectivity index (χ3v) is 5.78. The van der Waals surface area contributed by atoms with Crippen LogP contribution < -0.4 is 10.1 Å². The molecule has 1 atom stereocenters. The van der Waals surface area contributed by atoms with Gasteiger partial charge in [0.2, 0.25) is 0 Å². The monoisotopic (exact) mass is 480 g/mol. The molecule has 0 saturated carbocycles. The van der Waals surface area contributed by atoms with Crippen molar-refractivity contribution in [1.29, 1.82) is 0 Å². The van der Waals surface area contributed by atoms with Crippen LogP contribution in [0.4, 0.5) is 5.69 Å². The lowest BCUT2D eigenvalue weighted by Crippen LogP contribution is -2.38. The minimum absolute atomic E-state index is 0.139. The van der Waals surface area contributed by atoms with Gasteiger partial charge >= 0.3 is 0 Å². The first-order valence-corrected chi connectivity index (χ1v) is 12.3. The van der Waals surface area contributed by atoms with Gasteiger partial charge in [-0.25, -0.2) is 0 Å². The van der Waals surface area contributed by atoms with E-state index >= 15 is 0 Å². The Morgan fingerprint density at radius 1 is 1.11 bits per heavy atom. The van der Waals surface area contributed by atoms with E-state index in [1.54, 1.807) is 30.2 Å². The molecule has 0 aromatic heterocycles. The molecule has 5 nitrogen and oxygen atoms in total. The number of aliphatic hydroxyl groups excluding tert-OH is 1. The molecule has 1 aromatic carbocycles. The van der Waals surface area contributed by atoms with Crippen LogP contribution in [-0.4, -0.2) is 42.2 Å². The number of allylic oxidation sites excluding steroid dienone is 5. The van der Waals surface area contributed by atoms with Crippen LogP contribution in [0.25, 0.3) is 0 Å². The number of nitrogens with zero attached hydrogens (tertiary/aromatic N) is 1. The van der Waals surface area contributed by atoms with Crippen molar-refractivity contribution in [3.05, 3.63) is 83.7 Å². The molecule has 0 radical (unpaired) electrons. The number of nitrogens with one attached hydrogen (secondary N) is 1. The second-order valence-electron chi connectivity index (χ2n) is 9.05. The van der Waals surface area contributed by atoms with Gasteiger partial charge in [0, 0.05) is 13.1 Å². The normalized spacial score (nSPS) is 12.9. The fourth-order valence-corrected chi connectivity index (χ4v) is 3.65. The number of amides is 1. The second-order valence-corrected chi connectivity index (χ2v) is 9.05. The zero-order valence-electron chi connectivity index (χ0n) is 22.4. The minimum atomic E-state index is -0.285. The highest BCUT2D eigenvalue weighted by atomic mass is 16.5. The maximum Gasteiger partial charge on any atom is 0.256 e. The number of carbonyl (C=O) groups is 1. The van der Waals surface area contributed by atoms with Gasteiger partial charge in [0.1, 0.15) is 5.75 Å². The number of hydrogen-bond acceptors (Lipinski definition) is 4. The third kappa shape index (κ3) is 10.7. The van der Waals surface area contributed by atoms with Gasteiger partial charge in [-0.05, 0) is 78.5 Å². The quantitative estimate of drug-likeness (QED) is 0.200. The van der Waals surface area contributed by atoms with Crippen LogP contribution in [0.2, 0.25) is 0 Å². The largest absolute Gasteiger partial charge is 0.516 e. The van der Waals surface area contributed by atoms with E-state index in [2.05, 4.69) is 57.8 Å². The molecule has 1 rings (SSSR count). The highest BCUT2D eigenvalue weighted by molar-refractivity contribution is 6.01. The van der Waals surface area contributed by atoms with Crippen molar-refractivity contribution in [2.24, 2.45) is 0 Å². The Balaban J connectivity index is 3.00. The fraction of sp³-hybridized carbons (Fsp3) is 0.433. The number of anilines is 1. The van der Waals surface area contributed by atoms with E-state index in [1.807, 2.05) is 19.1 Å². The van der Waals surface area contributed by atoms with E-state index in [-0.39, 0.29) is 11.9 Å². The van der Waals surface area contributed by atoms with E-state index in [4.69, 9.17) is 4.74 Å². The molecule has 0 aliphatic rings. The van der Waals surface area contributed by atoms with E-state index in [9.17, 15) is 9.90 Å². The first-order chi connectivity index (χ1) is 16.7. The molecule has 1 aromatic rings. The van der Waals surface area contributed by atoms with Crippen LogP contribution in [0.5, 0.6) is 5.75 Å². The first-order valence-electron chi connectivity index (χ1n) is 12.3. The summed E-state index contributed by atoms with van der Waals surface area (Å²) in [6.07, 6.45) is 15.1. The Morgan fingerprint density at radius 2 is 1.77 bits per heavy atom. The Morgan fingerprint density at radius 3 is 2.37 bits per heavy atom. The average molecular weight is 481 g/mol. The lowest BCUT2D eigenvalue weighted by Gasteiger charge is -2.28. The molecule has 5 heteroatoms. The van der Waals surface area contributed by atoms with Crippen LogP contribution in [0.3, 0.4) is 0 Å². The Labute approximate surface area is 212 Å². The zero-order chi connectivity index (χ0) is 26.2. The molecular weight excluding hydrogens is 436 g/mol. The van der Waals surface area contributed by atoms with Crippen molar-refractivity contribution in [2.45, 2.75) is 66.3 Å². The van der Waals surface area contributed by atoms with E-state index in [0.29, 0.717) is 30.1 Å². The Bertz CT molecular complexity index is 937. The second kappa shape index (κ2) is 16.4. The predicted octanol–water partition coefficient (Wildman–Crippen LogP) is 7.61. The number of benzene rings is 1. The summed E-state index contributed by atoms with van der Waals surface area (Å²) in [5.41, 5.74) is 5.15. The molecule has 0 spiro atoms. The summed E-state index contributed by atoms with van der Waals surface area (Å²) >= 11 is 0. The average Bonchev–Trinajstić information content (AvgIpc) is 2.82. The summed E-state index contributed by atoms with van der Waals surface area (Å²) < 4.78 is 5.48. The van der Waals surface area contributed by atoms with Crippen LogP contribution in [-0.2, 0) is 0 Å². The molecule has 0 bridgehead atoms. The topological polar surface area (TPSA) is 61.8 Å². The van der Waals surface area contributed by atoms with Gasteiger partial charge in [-0.1, -0.05) is 47.1 Å². The van der Waals surface area contributed by atoms with Gasteiger partial charge in [0.15, 0.2) is 0 Å². The number of methoxy groups -OCH3 is 1. The zero-order valence-corrected chi connectivity index (χ0v) is 22.4. The van der Waals surface area contributed by atoms with Crippen molar-refractivity contribution in [3.63, 3.8) is 0 Å². The Hall–Kier alpha value is -3.21. The molecule has 1 amide bonds. The number of ether oxygens (including phenoxy) is 1. The number of rotatable bonds is 15. The molecule has 35 heavy (non-hydrogen) atoms.